The number of nitrogens with zero attached hydrogens (tertiary/aromatic N) is 1. The van der Waals surface area contributed by atoms with E-state index in [-0.39, 0.29) is 5.91 Å². The molecule has 2 rings (SSSR count). The van der Waals surface area contributed by atoms with Crippen LogP contribution in [0, 0.1) is 6.92 Å². The van der Waals surface area contributed by atoms with E-state index in [1.54, 1.807) is 6.92 Å². The van der Waals surface area contributed by atoms with Gasteiger partial charge in [0.2, 0.25) is 5.91 Å². The number of likely N-dealkylation sites (tertiary alicyclic amines) is 1. The molecule has 0 bridgehead atoms. The van der Waals surface area contributed by atoms with E-state index < -0.39 is 0 Å². The molecule has 1 aliphatic rings. The van der Waals surface area contributed by atoms with Crippen molar-refractivity contribution in [1.82, 2.24) is 10.2 Å². The average molecular weight is 260 g/mol. The van der Waals surface area contributed by atoms with Crippen LogP contribution in [0.4, 0.5) is 0 Å². The zero-order valence-corrected chi connectivity index (χ0v) is 12.1. The number of aryl methyl sites for hydroxylation is 1. The van der Waals surface area contributed by atoms with Gasteiger partial charge in [-0.3, -0.25) is 4.79 Å². The number of carbonyl (C=O) groups excluding carboxylic acids is 1. The molecular weight excluding hydrogens is 236 g/mol. The summed E-state index contributed by atoms with van der Waals surface area (Å²) in [4.78, 5) is 13.2. The van der Waals surface area contributed by atoms with Crippen molar-refractivity contribution in [1.29, 1.82) is 0 Å². The number of nitrogens with one attached hydrogen (secondary N) is 1. The van der Waals surface area contributed by atoms with E-state index in [0.717, 1.165) is 25.9 Å². The van der Waals surface area contributed by atoms with Crippen LogP contribution in [0.5, 0.6) is 0 Å². The summed E-state index contributed by atoms with van der Waals surface area (Å²) in [6, 6.07) is 9.59. The summed E-state index contributed by atoms with van der Waals surface area (Å²) in [5.41, 5.74) is 2.63. The third-order valence-electron chi connectivity index (χ3n) is 4.00. The van der Waals surface area contributed by atoms with Gasteiger partial charge in [0.15, 0.2) is 0 Å². The van der Waals surface area contributed by atoms with Crippen LogP contribution >= 0.6 is 0 Å². The first-order chi connectivity index (χ1) is 9.06. The maximum absolute atomic E-state index is 11.3. The van der Waals surface area contributed by atoms with Crippen molar-refractivity contribution in [3.05, 3.63) is 35.4 Å². The van der Waals surface area contributed by atoms with E-state index in [0.29, 0.717) is 12.1 Å². The second-order valence-electron chi connectivity index (χ2n) is 5.58. The Bertz CT molecular complexity index is 419. The highest BCUT2D eigenvalue weighted by atomic mass is 16.2. The molecule has 1 N–H and O–H groups in total. The lowest BCUT2D eigenvalue weighted by atomic mass is 10.0. The summed E-state index contributed by atoms with van der Waals surface area (Å²) in [6.07, 6.45) is 2.10. The molecule has 0 saturated carbocycles. The molecule has 0 spiro atoms. The second kappa shape index (κ2) is 6.20. The number of rotatable bonds is 3. The predicted octanol–water partition coefficient (Wildman–Crippen LogP) is 2.66. The Balaban J connectivity index is 1.85. The van der Waals surface area contributed by atoms with E-state index in [9.17, 15) is 4.79 Å². The first-order valence-electron chi connectivity index (χ1n) is 7.14. The molecule has 3 heteroatoms. The van der Waals surface area contributed by atoms with Gasteiger partial charge in [0.1, 0.15) is 0 Å². The number of benzene rings is 1. The van der Waals surface area contributed by atoms with Gasteiger partial charge in [0.05, 0.1) is 0 Å². The number of hydrogen-bond donors (Lipinski definition) is 1. The van der Waals surface area contributed by atoms with Crippen LogP contribution in [-0.2, 0) is 4.79 Å². The summed E-state index contributed by atoms with van der Waals surface area (Å²) >= 11 is 0. The lowest BCUT2D eigenvalue weighted by Crippen LogP contribution is -2.44. The van der Waals surface area contributed by atoms with Crippen LogP contribution in [0.2, 0.25) is 0 Å². The lowest BCUT2D eigenvalue weighted by molar-refractivity contribution is -0.129. The van der Waals surface area contributed by atoms with Gasteiger partial charge in [-0.2, -0.15) is 0 Å². The van der Waals surface area contributed by atoms with E-state index in [1.807, 2.05) is 4.90 Å². The van der Waals surface area contributed by atoms with Crippen molar-refractivity contribution >= 4 is 5.91 Å². The van der Waals surface area contributed by atoms with Gasteiger partial charge in [-0.15, -0.1) is 0 Å². The first-order valence-corrected chi connectivity index (χ1v) is 7.14. The maximum Gasteiger partial charge on any atom is 0.219 e. The fourth-order valence-corrected chi connectivity index (χ4v) is 2.67. The molecule has 0 aromatic heterocycles. The predicted molar refractivity (Wildman–Crippen MR) is 78.0 cm³/mol. The zero-order chi connectivity index (χ0) is 13.8. The van der Waals surface area contributed by atoms with Crippen LogP contribution in [0.3, 0.4) is 0 Å². The standard InChI is InChI=1S/C16H24N2O/c1-12-4-6-15(7-5-12)13(2)17-16-8-10-18(11-9-16)14(3)19/h4-7,13,16-17H,8-11H2,1-3H3. The third-order valence-corrected chi connectivity index (χ3v) is 4.00. The highest BCUT2D eigenvalue weighted by Crippen LogP contribution is 2.18. The molecule has 1 saturated heterocycles. The van der Waals surface area contributed by atoms with Crippen molar-refractivity contribution in [3.63, 3.8) is 0 Å². The summed E-state index contributed by atoms with van der Waals surface area (Å²) in [6.45, 7) is 7.74. The fraction of sp³-hybridized carbons (Fsp3) is 0.562. The topological polar surface area (TPSA) is 32.3 Å². The molecule has 1 unspecified atom stereocenters. The molecule has 104 valence electrons. The van der Waals surface area contributed by atoms with Gasteiger partial charge >= 0.3 is 0 Å². The first kappa shape index (κ1) is 14.1. The SMILES string of the molecule is CC(=O)N1CCC(NC(C)c2ccc(C)cc2)CC1. The molecular formula is C16H24N2O. The molecule has 1 aliphatic heterocycles. The fourth-order valence-electron chi connectivity index (χ4n) is 2.67. The van der Waals surface area contributed by atoms with Crippen molar-refractivity contribution in [2.75, 3.05) is 13.1 Å². The molecule has 0 radical (unpaired) electrons. The van der Waals surface area contributed by atoms with Gasteiger partial charge < -0.3 is 10.2 Å². The number of carbonyl (C=O) groups is 1. The Morgan fingerprint density at radius 1 is 1.26 bits per heavy atom. The molecule has 1 fully saturated rings. The maximum atomic E-state index is 11.3. The quantitative estimate of drug-likeness (QED) is 0.906. The Labute approximate surface area is 116 Å². The molecule has 3 nitrogen and oxygen atoms in total. The van der Waals surface area contributed by atoms with Crippen LogP contribution in [0.25, 0.3) is 0 Å². The zero-order valence-electron chi connectivity index (χ0n) is 12.1. The van der Waals surface area contributed by atoms with Crippen LogP contribution in [0.1, 0.15) is 43.9 Å². The van der Waals surface area contributed by atoms with E-state index in [2.05, 4.69) is 43.4 Å². The molecule has 1 atom stereocenters. The van der Waals surface area contributed by atoms with Crippen LogP contribution < -0.4 is 5.32 Å². The molecule has 1 aromatic rings. The van der Waals surface area contributed by atoms with Gasteiger partial charge in [-0.1, -0.05) is 29.8 Å². The highest BCUT2D eigenvalue weighted by Gasteiger charge is 2.21. The van der Waals surface area contributed by atoms with E-state index in [4.69, 9.17) is 0 Å². The second-order valence-corrected chi connectivity index (χ2v) is 5.58. The number of hydrogen-bond acceptors (Lipinski definition) is 2. The van der Waals surface area contributed by atoms with Gasteiger partial charge in [0.25, 0.3) is 0 Å². The van der Waals surface area contributed by atoms with Crippen molar-refractivity contribution < 1.29 is 4.79 Å². The Hall–Kier alpha value is -1.35. The van der Waals surface area contributed by atoms with Crippen LogP contribution in [-0.4, -0.2) is 29.9 Å². The molecule has 0 aliphatic carbocycles. The summed E-state index contributed by atoms with van der Waals surface area (Å²) < 4.78 is 0. The minimum Gasteiger partial charge on any atom is -0.343 e. The highest BCUT2D eigenvalue weighted by molar-refractivity contribution is 5.73. The Kier molecular flexibility index (Phi) is 4.59. The Morgan fingerprint density at radius 2 is 1.84 bits per heavy atom. The molecule has 1 heterocycles. The minimum absolute atomic E-state index is 0.199. The summed E-state index contributed by atoms with van der Waals surface area (Å²) in [5, 5.41) is 3.68. The molecule has 1 amide bonds. The largest absolute Gasteiger partial charge is 0.343 e. The number of piperidine rings is 1. The Morgan fingerprint density at radius 3 is 2.37 bits per heavy atom. The normalized spacial score (nSPS) is 18.4. The van der Waals surface area contributed by atoms with E-state index in [1.165, 1.54) is 11.1 Å². The molecule has 19 heavy (non-hydrogen) atoms. The lowest BCUT2D eigenvalue weighted by Gasteiger charge is -2.33. The van der Waals surface area contributed by atoms with Gasteiger partial charge in [-0.05, 0) is 32.3 Å². The average Bonchev–Trinajstić information content (AvgIpc) is 2.40. The van der Waals surface area contributed by atoms with Crippen LogP contribution in [0.15, 0.2) is 24.3 Å². The number of amides is 1. The van der Waals surface area contributed by atoms with Gasteiger partial charge in [-0.25, -0.2) is 0 Å². The van der Waals surface area contributed by atoms with Gasteiger partial charge in [0, 0.05) is 32.1 Å². The smallest absolute Gasteiger partial charge is 0.219 e. The minimum atomic E-state index is 0.199. The summed E-state index contributed by atoms with van der Waals surface area (Å²) in [5.74, 6) is 0.199. The monoisotopic (exact) mass is 260 g/mol. The molecule has 1 aromatic carbocycles. The van der Waals surface area contributed by atoms with Crippen molar-refractivity contribution in [3.8, 4) is 0 Å². The third kappa shape index (κ3) is 3.80. The van der Waals surface area contributed by atoms with Crippen molar-refractivity contribution in [2.45, 2.75) is 45.7 Å². The summed E-state index contributed by atoms with van der Waals surface area (Å²) in [7, 11) is 0. The van der Waals surface area contributed by atoms with Crippen molar-refractivity contribution in [2.24, 2.45) is 0 Å². The van der Waals surface area contributed by atoms with E-state index >= 15 is 0 Å².